The van der Waals surface area contributed by atoms with Crippen LogP contribution in [0.3, 0.4) is 0 Å². The molecule has 0 fully saturated rings. The molecule has 2 aromatic carbocycles. The summed E-state index contributed by atoms with van der Waals surface area (Å²) < 4.78 is 34.4. The minimum absolute atomic E-state index is 0.0770. The Kier molecular flexibility index (Phi) is 3.86. The SMILES string of the molecule is CN1CCc2c(n(Cc3ccccc3)c3ccc(S(=O)(=O)O)cc23)C1=O. The van der Waals surface area contributed by atoms with Gasteiger partial charge >= 0.3 is 0 Å². The Morgan fingerprint density at radius 3 is 2.54 bits per heavy atom. The van der Waals surface area contributed by atoms with E-state index in [9.17, 15) is 17.8 Å². The van der Waals surface area contributed by atoms with Gasteiger partial charge in [-0.15, -0.1) is 0 Å². The number of rotatable bonds is 3. The lowest BCUT2D eigenvalue weighted by molar-refractivity contribution is 0.0770. The van der Waals surface area contributed by atoms with E-state index in [0.717, 1.165) is 16.6 Å². The molecule has 7 heteroatoms. The van der Waals surface area contributed by atoms with Gasteiger partial charge in [0.15, 0.2) is 0 Å². The van der Waals surface area contributed by atoms with Gasteiger partial charge in [-0.05, 0) is 35.7 Å². The van der Waals surface area contributed by atoms with Gasteiger partial charge < -0.3 is 9.47 Å². The molecular formula is C19H18N2O4S. The van der Waals surface area contributed by atoms with Crippen LogP contribution < -0.4 is 0 Å². The highest BCUT2D eigenvalue weighted by atomic mass is 32.2. The molecule has 0 radical (unpaired) electrons. The Morgan fingerprint density at radius 1 is 1.12 bits per heavy atom. The summed E-state index contributed by atoms with van der Waals surface area (Å²) in [5, 5.41) is 0.701. The van der Waals surface area contributed by atoms with E-state index in [2.05, 4.69) is 0 Å². The van der Waals surface area contributed by atoms with Crippen molar-refractivity contribution in [1.82, 2.24) is 9.47 Å². The summed E-state index contributed by atoms with van der Waals surface area (Å²) >= 11 is 0. The zero-order valence-corrected chi connectivity index (χ0v) is 15.0. The summed E-state index contributed by atoms with van der Waals surface area (Å²) in [7, 11) is -2.54. The number of carbonyl (C=O) groups excluding carboxylic acids is 1. The first-order valence-corrected chi connectivity index (χ1v) is 9.72. The van der Waals surface area contributed by atoms with Crippen LogP contribution in [0.2, 0.25) is 0 Å². The number of aromatic nitrogens is 1. The van der Waals surface area contributed by atoms with Crippen molar-refractivity contribution in [1.29, 1.82) is 0 Å². The lowest BCUT2D eigenvalue weighted by Gasteiger charge is -2.24. The molecule has 0 spiro atoms. The molecule has 1 aliphatic rings. The highest BCUT2D eigenvalue weighted by Crippen LogP contribution is 2.32. The summed E-state index contributed by atoms with van der Waals surface area (Å²) in [5.41, 5.74) is 3.26. The molecule has 0 bridgehead atoms. The summed E-state index contributed by atoms with van der Waals surface area (Å²) in [5.74, 6) is -0.0770. The third-order valence-electron chi connectivity index (χ3n) is 4.87. The van der Waals surface area contributed by atoms with Crippen LogP contribution in [0.15, 0.2) is 53.4 Å². The largest absolute Gasteiger partial charge is 0.340 e. The quantitative estimate of drug-likeness (QED) is 0.719. The maximum absolute atomic E-state index is 12.8. The van der Waals surface area contributed by atoms with Crippen molar-refractivity contribution < 1.29 is 17.8 Å². The molecule has 1 aliphatic heterocycles. The molecule has 1 amide bonds. The molecule has 3 aromatic rings. The van der Waals surface area contributed by atoms with Crippen LogP contribution in [0.5, 0.6) is 0 Å². The average Bonchev–Trinajstić information content (AvgIpc) is 2.92. The standard InChI is InChI=1S/C19H18N2O4S/c1-20-10-9-15-16-11-14(26(23,24)25)7-8-17(16)21(18(15)19(20)22)12-13-5-3-2-4-6-13/h2-8,11H,9-10,12H2,1H3,(H,23,24,25). The molecule has 1 aromatic heterocycles. The van der Waals surface area contributed by atoms with E-state index in [-0.39, 0.29) is 10.8 Å². The molecule has 0 atom stereocenters. The van der Waals surface area contributed by atoms with Gasteiger partial charge in [0, 0.05) is 31.0 Å². The van der Waals surface area contributed by atoms with Crippen LogP contribution >= 0.6 is 0 Å². The van der Waals surface area contributed by atoms with Crippen molar-refractivity contribution in [2.24, 2.45) is 0 Å². The summed E-state index contributed by atoms with van der Waals surface area (Å²) in [6, 6.07) is 14.3. The van der Waals surface area contributed by atoms with Crippen LogP contribution in [0, 0.1) is 0 Å². The van der Waals surface area contributed by atoms with Crippen molar-refractivity contribution in [2.45, 2.75) is 17.9 Å². The fraction of sp³-hybridized carbons (Fsp3) is 0.211. The van der Waals surface area contributed by atoms with Crippen molar-refractivity contribution in [2.75, 3.05) is 13.6 Å². The van der Waals surface area contributed by atoms with E-state index < -0.39 is 10.1 Å². The van der Waals surface area contributed by atoms with Gasteiger partial charge in [0.2, 0.25) is 0 Å². The fourth-order valence-corrected chi connectivity index (χ4v) is 4.06. The van der Waals surface area contributed by atoms with Crippen LogP contribution in [0.25, 0.3) is 10.9 Å². The Labute approximate surface area is 151 Å². The monoisotopic (exact) mass is 370 g/mol. The molecule has 6 nitrogen and oxygen atoms in total. The number of likely N-dealkylation sites (N-methyl/N-ethyl adjacent to an activating group) is 1. The third kappa shape index (κ3) is 2.69. The maximum atomic E-state index is 12.8. The number of benzene rings is 2. The highest BCUT2D eigenvalue weighted by molar-refractivity contribution is 7.85. The number of amides is 1. The first-order valence-electron chi connectivity index (χ1n) is 8.28. The van der Waals surface area contributed by atoms with Crippen LogP contribution in [0.4, 0.5) is 0 Å². The first-order chi connectivity index (χ1) is 12.4. The Hall–Kier alpha value is -2.64. The van der Waals surface area contributed by atoms with Gasteiger partial charge in [-0.3, -0.25) is 9.35 Å². The highest BCUT2D eigenvalue weighted by Gasteiger charge is 2.29. The van der Waals surface area contributed by atoms with E-state index in [1.54, 1.807) is 18.0 Å². The van der Waals surface area contributed by atoms with Gasteiger partial charge in [0.25, 0.3) is 16.0 Å². The lowest BCUT2D eigenvalue weighted by Crippen LogP contribution is -2.35. The van der Waals surface area contributed by atoms with Gasteiger partial charge in [-0.25, -0.2) is 0 Å². The van der Waals surface area contributed by atoms with Crippen molar-refractivity contribution in [3.05, 3.63) is 65.4 Å². The Bertz CT molecular complexity index is 1120. The molecule has 1 N–H and O–H groups in total. The van der Waals surface area contributed by atoms with Gasteiger partial charge in [-0.1, -0.05) is 30.3 Å². The van der Waals surface area contributed by atoms with Crippen LogP contribution in [-0.2, 0) is 23.1 Å². The summed E-state index contributed by atoms with van der Waals surface area (Å²) in [6.45, 7) is 1.09. The lowest BCUT2D eigenvalue weighted by atomic mass is 10.0. The number of hydrogen-bond donors (Lipinski definition) is 1. The third-order valence-corrected chi connectivity index (χ3v) is 5.72. The second-order valence-corrected chi connectivity index (χ2v) is 7.95. The number of fused-ring (bicyclic) bond motifs is 3. The molecule has 0 unspecified atom stereocenters. The average molecular weight is 370 g/mol. The van der Waals surface area contributed by atoms with Crippen molar-refractivity contribution >= 4 is 26.9 Å². The molecule has 26 heavy (non-hydrogen) atoms. The summed E-state index contributed by atoms with van der Waals surface area (Å²) in [6.07, 6.45) is 0.644. The molecule has 4 rings (SSSR count). The molecule has 134 valence electrons. The van der Waals surface area contributed by atoms with E-state index in [0.29, 0.717) is 30.6 Å². The van der Waals surface area contributed by atoms with Gasteiger partial charge in [0.1, 0.15) is 5.69 Å². The fourth-order valence-electron chi connectivity index (χ4n) is 3.55. The zero-order valence-electron chi connectivity index (χ0n) is 14.2. The number of carbonyl (C=O) groups is 1. The topological polar surface area (TPSA) is 79.6 Å². The number of hydrogen-bond acceptors (Lipinski definition) is 3. The molecule has 0 aliphatic carbocycles. The van der Waals surface area contributed by atoms with Crippen molar-refractivity contribution in [3.8, 4) is 0 Å². The second kappa shape index (κ2) is 5.96. The van der Waals surface area contributed by atoms with E-state index in [1.165, 1.54) is 12.1 Å². The minimum atomic E-state index is -4.30. The number of nitrogens with zero attached hydrogens (tertiary/aromatic N) is 2. The normalized spacial score (nSPS) is 14.7. The smallest absolute Gasteiger partial charge is 0.294 e. The van der Waals surface area contributed by atoms with E-state index >= 15 is 0 Å². The predicted octanol–water partition coefficient (Wildman–Crippen LogP) is 2.56. The minimum Gasteiger partial charge on any atom is -0.340 e. The zero-order chi connectivity index (χ0) is 18.5. The summed E-state index contributed by atoms with van der Waals surface area (Å²) in [4.78, 5) is 14.3. The van der Waals surface area contributed by atoms with E-state index in [1.807, 2.05) is 34.9 Å². The Morgan fingerprint density at radius 2 is 1.85 bits per heavy atom. The van der Waals surface area contributed by atoms with Crippen LogP contribution in [0.1, 0.15) is 21.6 Å². The molecule has 2 heterocycles. The van der Waals surface area contributed by atoms with Gasteiger partial charge in [0.05, 0.1) is 4.90 Å². The van der Waals surface area contributed by atoms with E-state index in [4.69, 9.17) is 0 Å². The first kappa shape index (κ1) is 16.8. The van der Waals surface area contributed by atoms with Crippen molar-refractivity contribution in [3.63, 3.8) is 0 Å². The second-order valence-electron chi connectivity index (χ2n) is 6.53. The molecular weight excluding hydrogens is 352 g/mol. The van der Waals surface area contributed by atoms with Crippen LogP contribution in [-0.4, -0.2) is 41.9 Å². The Balaban J connectivity index is 1.99. The molecule has 0 saturated carbocycles. The maximum Gasteiger partial charge on any atom is 0.294 e. The molecule has 0 saturated heterocycles. The van der Waals surface area contributed by atoms with Gasteiger partial charge in [-0.2, -0.15) is 8.42 Å². The predicted molar refractivity (Wildman–Crippen MR) is 98.0 cm³/mol.